The summed E-state index contributed by atoms with van der Waals surface area (Å²) in [6, 6.07) is 4.48. The monoisotopic (exact) mass is 240 g/mol. The van der Waals surface area contributed by atoms with E-state index < -0.39 is 6.10 Å². The molecular weight excluding hydrogens is 224 g/mol. The molecule has 0 bridgehead atoms. The molecule has 1 N–H and O–H groups in total. The van der Waals surface area contributed by atoms with E-state index in [0.717, 1.165) is 0 Å². The van der Waals surface area contributed by atoms with Gasteiger partial charge in [-0.15, -0.1) is 0 Å². The highest BCUT2D eigenvalue weighted by Crippen LogP contribution is 2.24. The first-order chi connectivity index (χ1) is 8.13. The van der Waals surface area contributed by atoms with Crippen molar-refractivity contribution in [3.05, 3.63) is 23.8 Å². The minimum atomic E-state index is -0.723. The number of benzene rings is 1. The molecular formula is C12H16O5. The molecule has 0 aliphatic carbocycles. The molecule has 0 amide bonds. The van der Waals surface area contributed by atoms with Crippen LogP contribution in [0.5, 0.6) is 11.5 Å². The number of hydrogen-bond donors (Lipinski definition) is 1. The number of rotatable bonds is 6. The summed E-state index contributed by atoms with van der Waals surface area (Å²) in [7, 11) is 4.38. The molecule has 0 aliphatic rings. The highest BCUT2D eigenvalue weighted by atomic mass is 16.5. The summed E-state index contributed by atoms with van der Waals surface area (Å²) in [5.74, 6) is 0.0294. The Morgan fingerprint density at radius 1 is 1.35 bits per heavy atom. The summed E-state index contributed by atoms with van der Waals surface area (Å²) in [4.78, 5) is 12.0. The lowest BCUT2D eigenvalue weighted by atomic mass is 10.1. The van der Waals surface area contributed by atoms with Crippen molar-refractivity contribution in [2.24, 2.45) is 0 Å². The van der Waals surface area contributed by atoms with Crippen molar-refractivity contribution < 1.29 is 24.1 Å². The van der Waals surface area contributed by atoms with E-state index in [0.29, 0.717) is 5.75 Å². The SMILES string of the molecule is COCC(OC)C(=O)c1ccc(OC)cc1O. The normalized spacial score (nSPS) is 12.2. The van der Waals surface area contributed by atoms with Crippen molar-refractivity contribution in [1.82, 2.24) is 0 Å². The van der Waals surface area contributed by atoms with E-state index in [4.69, 9.17) is 14.2 Å². The van der Waals surface area contributed by atoms with Crippen molar-refractivity contribution >= 4 is 5.78 Å². The van der Waals surface area contributed by atoms with Gasteiger partial charge in [-0.3, -0.25) is 4.79 Å². The van der Waals surface area contributed by atoms with E-state index in [-0.39, 0.29) is 23.7 Å². The quantitative estimate of drug-likeness (QED) is 0.758. The Morgan fingerprint density at radius 3 is 2.53 bits per heavy atom. The lowest BCUT2D eigenvalue weighted by Crippen LogP contribution is -2.28. The number of Topliss-reactive ketones (excluding diaryl/α,β-unsaturated/α-hetero) is 1. The van der Waals surface area contributed by atoms with Crippen LogP contribution in [0.15, 0.2) is 18.2 Å². The second kappa shape index (κ2) is 6.22. The molecule has 1 aromatic rings. The first-order valence-corrected chi connectivity index (χ1v) is 5.07. The molecule has 0 spiro atoms. The summed E-state index contributed by atoms with van der Waals surface area (Å²) >= 11 is 0. The van der Waals surface area contributed by atoms with Gasteiger partial charge in [0.15, 0.2) is 5.78 Å². The van der Waals surface area contributed by atoms with E-state index in [9.17, 15) is 9.90 Å². The van der Waals surface area contributed by atoms with Crippen molar-refractivity contribution in [3.8, 4) is 11.5 Å². The molecule has 1 aromatic carbocycles. The number of ketones is 1. The fourth-order valence-electron chi connectivity index (χ4n) is 1.42. The van der Waals surface area contributed by atoms with E-state index in [1.807, 2.05) is 0 Å². The molecule has 0 aliphatic heterocycles. The highest BCUT2D eigenvalue weighted by molar-refractivity contribution is 6.02. The number of phenols is 1. The summed E-state index contributed by atoms with van der Waals surface area (Å²) in [6.07, 6.45) is -0.723. The third-order valence-corrected chi connectivity index (χ3v) is 2.37. The maximum atomic E-state index is 12.0. The van der Waals surface area contributed by atoms with Crippen LogP contribution >= 0.6 is 0 Å². The van der Waals surface area contributed by atoms with Crippen LogP contribution in [0.3, 0.4) is 0 Å². The van der Waals surface area contributed by atoms with Gasteiger partial charge in [-0.25, -0.2) is 0 Å². The van der Waals surface area contributed by atoms with E-state index >= 15 is 0 Å². The second-order valence-electron chi connectivity index (χ2n) is 3.43. The van der Waals surface area contributed by atoms with E-state index in [2.05, 4.69) is 0 Å². The molecule has 0 saturated carbocycles. The summed E-state index contributed by atoms with van der Waals surface area (Å²) in [6.45, 7) is 0.140. The van der Waals surface area contributed by atoms with Gasteiger partial charge >= 0.3 is 0 Å². The smallest absolute Gasteiger partial charge is 0.197 e. The second-order valence-corrected chi connectivity index (χ2v) is 3.43. The topological polar surface area (TPSA) is 65.0 Å². The van der Waals surface area contributed by atoms with Crippen molar-refractivity contribution in [2.75, 3.05) is 27.9 Å². The Morgan fingerprint density at radius 2 is 2.06 bits per heavy atom. The van der Waals surface area contributed by atoms with Crippen LogP contribution in [0.1, 0.15) is 10.4 Å². The van der Waals surface area contributed by atoms with Crippen molar-refractivity contribution in [2.45, 2.75) is 6.10 Å². The Kier molecular flexibility index (Phi) is 4.93. The van der Waals surface area contributed by atoms with Crippen LogP contribution < -0.4 is 4.74 Å². The zero-order valence-electron chi connectivity index (χ0n) is 10.1. The molecule has 0 saturated heterocycles. The number of aromatic hydroxyl groups is 1. The van der Waals surface area contributed by atoms with Gasteiger partial charge in [0.1, 0.15) is 17.6 Å². The van der Waals surface area contributed by atoms with E-state index in [1.165, 1.54) is 33.5 Å². The van der Waals surface area contributed by atoms with Crippen LogP contribution in [0, 0.1) is 0 Å². The first-order valence-electron chi connectivity index (χ1n) is 5.07. The number of carbonyl (C=O) groups excluding carboxylic acids is 1. The van der Waals surface area contributed by atoms with Gasteiger partial charge in [0.05, 0.1) is 19.3 Å². The zero-order chi connectivity index (χ0) is 12.8. The third-order valence-electron chi connectivity index (χ3n) is 2.37. The summed E-state index contributed by atoms with van der Waals surface area (Å²) < 4.78 is 14.8. The minimum Gasteiger partial charge on any atom is -0.507 e. The minimum absolute atomic E-state index is 0.132. The van der Waals surface area contributed by atoms with Crippen LogP contribution in [0.2, 0.25) is 0 Å². The number of phenolic OH excluding ortho intramolecular Hbond substituents is 1. The average Bonchev–Trinajstić information content (AvgIpc) is 2.35. The molecule has 17 heavy (non-hydrogen) atoms. The molecule has 5 heteroatoms. The predicted molar refractivity (Wildman–Crippen MR) is 61.7 cm³/mol. The molecule has 0 radical (unpaired) electrons. The molecule has 0 aromatic heterocycles. The third kappa shape index (κ3) is 3.18. The van der Waals surface area contributed by atoms with Crippen LogP contribution in [0.25, 0.3) is 0 Å². The molecule has 94 valence electrons. The van der Waals surface area contributed by atoms with Crippen LogP contribution in [-0.4, -0.2) is 44.9 Å². The molecule has 0 heterocycles. The molecule has 1 rings (SSSR count). The van der Waals surface area contributed by atoms with Crippen molar-refractivity contribution in [1.29, 1.82) is 0 Å². The van der Waals surface area contributed by atoms with Gasteiger partial charge in [0.25, 0.3) is 0 Å². The maximum Gasteiger partial charge on any atom is 0.197 e. The fraction of sp³-hybridized carbons (Fsp3) is 0.417. The zero-order valence-corrected chi connectivity index (χ0v) is 10.1. The van der Waals surface area contributed by atoms with Gasteiger partial charge < -0.3 is 19.3 Å². The molecule has 5 nitrogen and oxygen atoms in total. The largest absolute Gasteiger partial charge is 0.507 e. The maximum absolute atomic E-state index is 12.0. The van der Waals surface area contributed by atoms with Gasteiger partial charge in [0.2, 0.25) is 0 Å². The van der Waals surface area contributed by atoms with Crippen LogP contribution in [0.4, 0.5) is 0 Å². The first kappa shape index (κ1) is 13.5. The summed E-state index contributed by atoms with van der Waals surface area (Å²) in [5.41, 5.74) is 0.190. The average molecular weight is 240 g/mol. The molecule has 1 unspecified atom stereocenters. The highest BCUT2D eigenvalue weighted by Gasteiger charge is 2.22. The number of ether oxygens (including phenoxy) is 3. The van der Waals surface area contributed by atoms with Gasteiger partial charge in [-0.05, 0) is 12.1 Å². The van der Waals surface area contributed by atoms with Gasteiger partial charge in [0, 0.05) is 20.3 Å². The Balaban J connectivity index is 2.95. The van der Waals surface area contributed by atoms with Crippen molar-refractivity contribution in [3.63, 3.8) is 0 Å². The van der Waals surface area contributed by atoms with Gasteiger partial charge in [-0.1, -0.05) is 0 Å². The molecule has 1 atom stereocenters. The lowest BCUT2D eigenvalue weighted by molar-refractivity contribution is 0.0268. The standard InChI is InChI=1S/C12H16O5/c1-15-7-11(17-3)12(14)9-5-4-8(16-2)6-10(9)13/h4-6,11,13H,7H2,1-3H3. The van der Waals surface area contributed by atoms with E-state index in [1.54, 1.807) is 6.07 Å². The van der Waals surface area contributed by atoms with Crippen LogP contribution in [-0.2, 0) is 9.47 Å². The number of carbonyl (C=O) groups is 1. The lowest BCUT2D eigenvalue weighted by Gasteiger charge is -2.14. The summed E-state index contributed by atoms with van der Waals surface area (Å²) in [5, 5.41) is 9.71. The fourth-order valence-corrected chi connectivity index (χ4v) is 1.42. The van der Waals surface area contributed by atoms with Gasteiger partial charge in [-0.2, -0.15) is 0 Å². The molecule has 0 fully saturated rings. The predicted octanol–water partition coefficient (Wildman–Crippen LogP) is 1.24. The Labute approximate surface area is 99.9 Å². The number of hydrogen-bond acceptors (Lipinski definition) is 5. The number of methoxy groups -OCH3 is 3. The Hall–Kier alpha value is -1.59. The Bertz CT molecular complexity index is 388.